The Morgan fingerprint density at radius 1 is 1.19 bits per heavy atom. The number of hydrogen-bond donors (Lipinski definition) is 1. The van der Waals surface area contributed by atoms with Crippen LogP contribution in [-0.4, -0.2) is 26.8 Å². The SMILES string of the molecule is CCOC(=O)CC1CC2C3CCc4cc(OS(N)(=O)=O)c(CC)cc4C3C[C@@H](C)C2C1=O. The molecule has 32 heavy (non-hydrogen) atoms. The molecule has 1 aromatic rings. The average Bonchev–Trinajstić information content (AvgIpc) is 3.03. The van der Waals surface area contributed by atoms with E-state index in [-0.39, 0.29) is 41.8 Å². The van der Waals surface area contributed by atoms with Gasteiger partial charge in [0.15, 0.2) is 0 Å². The lowest BCUT2D eigenvalue weighted by Gasteiger charge is -2.46. The van der Waals surface area contributed by atoms with Gasteiger partial charge in [-0.05, 0) is 85.5 Å². The highest BCUT2D eigenvalue weighted by molar-refractivity contribution is 7.84. The molecule has 0 bridgehead atoms. The number of benzene rings is 1. The Kier molecular flexibility index (Phi) is 6.38. The van der Waals surface area contributed by atoms with Gasteiger partial charge in [-0.15, -0.1) is 0 Å². The Morgan fingerprint density at radius 3 is 2.59 bits per heavy atom. The number of esters is 1. The van der Waals surface area contributed by atoms with E-state index in [0.29, 0.717) is 30.6 Å². The third kappa shape index (κ3) is 4.31. The van der Waals surface area contributed by atoms with Crippen molar-refractivity contribution in [3.05, 3.63) is 28.8 Å². The summed E-state index contributed by atoms with van der Waals surface area (Å²) < 4.78 is 33.2. The molecule has 2 N–H and O–H groups in total. The number of carbonyl (C=O) groups is 2. The molecule has 176 valence electrons. The average molecular weight is 464 g/mol. The summed E-state index contributed by atoms with van der Waals surface area (Å²) in [4.78, 5) is 25.2. The van der Waals surface area contributed by atoms with Gasteiger partial charge in [-0.3, -0.25) is 9.59 Å². The number of nitrogens with two attached hydrogens (primary N) is 1. The van der Waals surface area contributed by atoms with Crippen molar-refractivity contribution in [3.8, 4) is 5.75 Å². The maximum Gasteiger partial charge on any atom is 0.380 e. The van der Waals surface area contributed by atoms with Gasteiger partial charge in [-0.1, -0.05) is 19.9 Å². The molecule has 1 aromatic carbocycles. The molecule has 0 spiro atoms. The summed E-state index contributed by atoms with van der Waals surface area (Å²) in [7, 11) is -4.08. The summed E-state index contributed by atoms with van der Waals surface area (Å²) in [6.07, 6.45) is 4.28. The van der Waals surface area contributed by atoms with Gasteiger partial charge in [0.05, 0.1) is 13.0 Å². The second-order valence-corrected chi connectivity index (χ2v) is 10.8. The number of ether oxygens (including phenoxy) is 1. The van der Waals surface area contributed by atoms with E-state index in [1.165, 1.54) is 5.56 Å². The summed E-state index contributed by atoms with van der Waals surface area (Å²) in [6, 6.07) is 3.93. The second-order valence-electron chi connectivity index (χ2n) is 9.64. The minimum atomic E-state index is -4.08. The van der Waals surface area contributed by atoms with E-state index < -0.39 is 10.3 Å². The molecule has 0 aromatic heterocycles. The third-order valence-corrected chi connectivity index (χ3v) is 8.24. The van der Waals surface area contributed by atoms with Crippen LogP contribution >= 0.6 is 0 Å². The smallest absolute Gasteiger partial charge is 0.380 e. The van der Waals surface area contributed by atoms with Crippen molar-refractivity contribution in [2.75, 3.05) is 6.61 Å². The zero-order chi connectivity index (χ0) is 23.2. The molecule has 0 amide bonds. The van der Waals surface area contributed by atoms with Gasteiger partial charge in [-0.2, -0.15) is 13.6 Å². The van der Waals surface area contributed by atoms with E-state index >= 15 is 0 Å². The highest BCUT2D eigenvalue weighted by Gasteiger charge is 2.54. The van der Waals surface area contributed by atoms with Crippen LogP contribution in [0.2, 0.25) is 0 Å². The number of aryl methyl sites for hydroxylation is 2. The van der Waals surface area contributed by atoms with Crippen LogP contribution in [0.1, 0.15) is 69.1 Å². The van der Waals surface area contributed by atoms with E-state index in [9.17, 15) is 18.0 Å². The quantitative estimate of drug-likeness (QED) is 0.648. The molecule has 0 aliphatic heterocycles. The summed E-state index contributed by atoms with van der Waals surface area (Å²) in [5, 5.41) is 5.11. The number of rotatable bonds is 6. The van der Waals surface area contributed by atoms with E-state index in [4.69, 9.17) is 14.1 Å². The van der Waals surface area contributed by atoms with Gasteiger partial charge in [-0.25, -0.2) is 0 Å². The Morgan fingerprint density at radius 2 is 1.94 bits per heavy atom. The van der Waals surface area contributed by atoms with Crippen LogP contribution in [0.3, 0.4) is 0 Å². The molecule has 0 saturated heterocycles. The fourth-order valence-corrected chi connectivity index (χ4v) is 7.07. The van der Waals surface area contributed by atoms with Gasteiger partial charge >= 0.3 is 16.3 Å². The van der Waals surface area contributed by atoms with E-state index in [0.717, 1.165) is 36.8 Å². The minimum Gasteiger partial charge on any atom is -0.466 e. The summed E-state index contributed by atoms with van der Waals surface area (Å²) >= 11 is 0. The van der Waals surface area contributed by atoms with Gasteiger partial charge in [0.2, 0.25) is 0 Å². The molecule has 7 nitrogen and oxygen atoms in total. The van der Waals surface area contributed by atoms with Crippen molar-refractivity contribution in [1.82, 2.24) is 0 Å². The molecule has 3 aliphatic rings. The standard InChI is InChI=1S/C24H33NO6S/c1-4-14-9-18-15(11-21(14)31-32(25,28)29)6-7-17-19(18)8-13(3)23-20(17)10-16(24(23)27)12-22(26)30-5-2/h9,11,13,16-17,19-20,23H,4-8,10,12H2,1-3H3,(H2,25,28,29)/t13-,16?,17?,19?,20?,23?/m1/s1. The van der Waals surface area contributed by atoms with Crippen molar-refractivity contribution in [2.45, 2.75) is 65.2 Å². The zero-order valence-corrected chi connectivity index (χ0v) is 19.8. The second kappa shape index (κ2) is 8.78. The monoisotopic (exact) mass is 463 g/mol. The number of ketones is 1. The third-order valence-electron chi connectivity index (χ3n) is 7.83. The molecular weight excluding hydrogens is 430 g/mol. The van der Waals surface area contributed by atoms with Crippen LogP contribution in [0.25, 0.3) is 0 Å². The molecule has 6 atom stereocenters. The van der Waals surface area contributed by atoms with Gasteiger partial charge in [0.25, 0.3) is 0 Å². The lowest BCUT2D eigenvalue weighted by molar-refractivity contribution is -0.146. The van der Waals surface area contributed by atoms with E-state index in [1.807, 2.05) is 13.0 Å². The van der Waals surface area contributed by atoms with Crippen molar-refractivity contribution >= 4 is 22.1 Å². The first-order chi connectivity index (χ1) is 15.1. The van der Waals surface area contributed by atoms with Crippen molar-refractivity contribution in [1.29, 1.82) is 0 Å². The number of fused-ring (bicyclic) bond motifs is 5. The molecule has 3 aliphatic carbocycles. The normalized spacial score (nSPS) is 31.4. The van der Waals surface area contributed by atoms with Crippen LogP contribution in [0.15, 0.2) is 12.1 Å². The summed E-state index contributed by atoms with van der Waals surface area (Å²) in [5.74, 6) is 1.33. The maximum atomic E-state index is 13.2. The summed E-state index contributed by atoms with van der Waals surface area (Å²) in [5.41, 5.74) is 3.20. The molecule has 0 heterocycles. The van der Waals surface area contributed by atoms with Crippen molar-refractivity contribution < 1.29 is 26.9 Å². The Labute approximate surface area is 190 Å². The van der Waals surface area contributed by atoms with E-state index in [1.54, 1.807) is 6.92 Å². The topological polar surface area (TPSA) is 113 Å². The fraction of sp³-hybridized carbons (Fsp3) is 0.667. The lowest BCUT2D eigenvalue weighted by Crippen LogP contribution is -2.40. The summed E-state index contributed by atoms with van der Waals surface area (Å²) in [6.45, 7) is 6.24. The van der Waals surface area contributed by atoms with Crippen LogP contribution in [0.4, 0.5) is 0 Å². The molecule has 2 saturated carbocycles. The molecular formula is C24H33NO6S. The van der Waals surface area contributed by atoms with Crippen LogP contribution in [0, 0.1) is 29.6 Å². The largest absolute Gasteiger partial charge is 0.466 e. The van der Waals surface area contributed by atoms with Crippen molar-refractivity contribution in [3.63, 3.8) is 0 Å². The highest BCUT2D eigenvalue weighted by atomic mass is 32.2. The van der Waals surface area contributed by atoms with Crippen molar-refractivity contribution in [2.24, 2.45) is 34.7 Å². The predicted molar refractivity (Wildman–Crippen MR) is 119 cm³/mol. The minimum absolute atomic E-state index is 0.0212. The van der Waals surface area contributed by atoms with Crippen LogP contribution in [0.5, 0.6) is 5.75 Å². The lowest BCUT2D eigenvalue weighted by atomic mass is 9.57. The van der Waals surface area contributed by atoms with Gasteiger partial charge in [0.1, 0.15) is 11.5 Å². The molecule has 5 unspecified atom stereocenters. The number of carbonyl (C=O) groups excluding carboxylic acids is 2. The Balaban J connectivity index is 1.62. The highest BCUT2D eigenvalue weighted by Crippen LogP contribution is 2.58. The number of hydrogen-bond acceptors (Lipinski definition) is 6. The Bertz CT molecular complexity index is 1020. The molecule has 8 heteroatoms. The maximum absolute atomic E-state index is 13.2. The zero-order valence-electron chi connectivity index (χ0n) is 19.0. The number of Topliss-reactive ketones (excluding diaryl/α,β-unsaturated/α-hetero) is 1. The molecule has 4 rings (SSSR count). The van der Waals surface area contributed by atoms with Crippen LogP contribution < -0.4 is 9.32 Å². The first-order valence-corrected chi connectivity index (χ1v) is 13.2. The first kappa shape index (κ1) is 23.2. The van der Waals surface area contributed by atoms with Crippen LogP contribution in [-0.2, 0) is 37.5 Å². The molecule has 0 radical (unpaired) electrons. The fourth-order valence-electron chi connectivity index (χ4n) is 6.66. The van der Waals surface area contributed by atoms with Gasteiger partial charge in [0, 0.05) is 11.8 Å². The predicted octanol–water partition coefficient (Wildman–Crippen LogP) is 3.29. The van der Waals surface area contributed by atoms with Gasteiger partial charge < -0.3 is 8.92 Å². The molecule has 2 fully saturated rings. The Hall–Kier alpha value is -1.93. The first-order valence-electron chi connectivity index (χ1n) is 11.7. The van der Waals surface area contributed by atoms with E-state index in [2.05, 4.69) is 13.0 Å².